The van der Waals surface area contributed by atoms with E-state index in [0.717, 1.165) is 26.7 Å². The second-order valence-electron chi connectivity index (χ2n) is 5.83. The number of rotatable bonds is 2. The highest BCUT2D eigenvalue weighted by Gasteiger charge is 2.01. The normalized spacial score (nSPS) is 10.0. The maximum absolute atomic E-state index is 8.91. The fourth-order valence-electron chi connectivity index (χ4n) is 2.82. The number of benzene rings is 4. The molecule has 0 saturated heterocycles. The van der Waals surface area contributed by atoms with Crippen molar-refractivity contribution in [1.29, 1.82) is 5.26 Å². The van der Waals surface area contributed by atoms with Crippen LogP contribution in [0.15, 0.2) is 77.3 Å². The summed E-state index contributed by atoms with van der Waals surface area (Å²) in [5.41, 5.74) is 0.682. The summed E-state index contributed by atoms with van der Waals surface area (Å²) in [5.74, 6) is 1.67. The maximum Gasteiger partial charge on any atom is 0.119 e. The largest absolute Gasteiger partial charge is 0.497 e. The van der Waals surface area contributed by atoms with E-state index in [0.29, 0.717) is 5.56 Å². The number of nitriles is 1. The Morgan fingerprint density at radius 1 is 0.741 bits per heavy atom. The molecule has 4 rings (SSSR count). The van der Waals surface area contributed by atoms with E-state index in [1.54, 1.807) is 14.2 Å². The lowest BCUT2D eigenvalue weighted by Gasteiger charge is -2.03. The predicted molar refractivity (Wildman–Crippen MR) is 113 cm³/mol. The van der Waals surface area contributed by atoms with Crippen LogP contribution >= 0.6 is 15.9 Å². The Morgan fingerprint density at radius 3 is 1.89 bits per heavy atom. The second-order valence-corrected chi connectivity index (χ2v) is 6.69. The number of hydrogen-bond donors (Lipinski definition) is 0. The molecule has 27 heavy (non-hydrogen) atoms. The average Bonchev–Trinajstić information content (AvgIpc) is 2.73. The Kier molecular flexibility index (Phi) is 5.95. The molecule has 4 heteroatoms. The molecule has 0 radical (unpaired) electrons. The van der Waals surface area contributed by atoms with Crippen LogP contribution in [0.25, 0.3) is 21.5 Å². The molecule has 0 aliphatic rings. The summed E-state index contributed by atoms with van der Waals surface area (Å²) in [7, 11) is 3.30. The summed E-state index contributed by atoms with van der Waals surface area (Å²) in [6.07, 6.45) is 0. The van der Waals surface area contributed by atoms with Crippen LogP contribution in [0.2, 0.25) is 0 Å². The van der Waals surface area contributed by atoms with Crippen LogP contribution in [0.4, 0.5) is 0 Å². The number of fused-ring (bicyclic) bond motifs is 2. The molecule has 0 saturated carbocycles. The molecule has 0 heterocycles. The Balaban J connectivity index is 0.000000156. The first-order valence-corrected chi connectivity index (χ1v) is 9.14. The van der Waals surface area contributed by atoms with Crippen molar-refractivity contribution < 1.29 is 9.47 Å². The number of hydrogen-bond acceptors (Lipinski definition) is 3. The lowest BCUT2D eigenvalue weighted by Crippen LogP contribution is -1.84. The highest BCUT2D eigenvalue weighted by atomic mass is 79.9. The predicted octanol–water partition coefficient (Wildman–Crippen LogP) is 6.33. The van der Waals surface area contributed by atoms with Gasteiger partial charge in [-0.1, -0.05) is 52.3 Å². The average molecular weight is 420 g/mol. The zero-order valence-corrected chi connectivity index (χ0v) is 16.7. The highest BCUT2D eigenvalue weighted by molar-refractivity contribution is 9.10. The van der Waals surface area contributed by atoms with Crippen molar-refractivity contribution >= 4 is 37.5 Å². The van der Waals surface area contributed by atoms with Crippen molar-refractivity contribution in [3.05, 3.63) is 82.8 Å². The quantitative estimate of drug-likeness (QED) is 0.381. The SMILES string of the molecule is COc1ccc2cccc(Br)c2c1.COc1ccc2cccc(C#N)c2c1. The molecule has 3 nitrogen and oxygen atoms in total. The third-order valence-electron chi connectivity index (χ3n) is 4.25. The van der Waals surface area contributed by atoms with Gasteiger partial charge in [0, 0.05) is 9.86 Å². The lowest BCUT2D eigenvalue weighted by molar-refractivity contribution is 0.415. The Hall–Kier alpha value is -3.03. The molecule has 0 bridgehead atoms. The molecule has 0 aliphatic heterocycles. The number of halogens is 1. The molecular formula is C23H18BrNO2. The van der Waals surface area contributed by atoms with Crippen LogP contribution < -0.4 is 9.47 Å². The molecule has 4 aromatic carbocycles. The van der Waals surface area contributed by atoms with Crippen molar-refractivity contribution in [3.63, 3.8) is 0 Å². The van der Waals surface area contributed by atoms with Gasteiger partial charge in [-0.3, -0.25) is 0 Å². The first-order valence-electron chi connectivity index (χ1n) is 8.35. The van der Waals surface area contributed by atoms with Gasteiger partial charge in [0.05, 0.1) is 25.9 Å². The van der Waals surface area contributed by atoms with E-state index in [2.05, 4.69) is 34.1 Å². The molecule has 4 aromatic rings. The Morgan fingerprint density at radius 2 is 1.30 bits per heavy atom. The highest BCUT2D eigenvalue weighted by Crippen LogP contribution is 2.27. The number of ether oxygens (including phenoxy) is 2. The molecule has 0 unspecified atom stereocenters. The van der Waals surface area contributed by atoms with Gasteiger partial charge < -0.3 is 9.47 Å². The molecule has 0 spiro atoms. The van der Waals surface area contributed by atoms with E-state index in [1.807, 2.05) is 60.7 Å². The van der Waals surface area contributed by atoms with E-state index < -0.39 is 0 Å². The molecule has 0 aliphatic carbocycles. The van der Waals surface area contributed by atoms with Crippen molar-refractivity contribution in [1.82, 2.24) is 0 Å². The lowest BCUT2D eigenvalue weighted by atomic mass is 10.1. The van der Waals surface area contributed by atoms with Gasteiger partial charge in [0.2, 0.25) is 0 Å². The molecule has 0 atom stereocenters. The van der Waals surface area contributed by atoms with Crippen LogP contribution in [0, 0.1) is 11.3 Å². The summed E-state index contributed by atoms with van der Waals surface area (Å²) in [6, 6.07) is 25.8. The number of methoxy groups -OCH3 is 2. The van der Waals surface area contributed by atoms with Gasteiger partial charge in [-0.2, -0.15) is 5.26 Å². The van der Waals surface area contributed by atoms with E-state index in [-0.39, 0.29) is 0 Å². The fourth-order valence-corrected chi connectivity index (χ4v) is 3.31. The van der Waals surface area contributed by atoms with Crippen LogP contribution in [0.5, 0.6) is 11.5 Å². The van der Waals surface area contributed by atoms with Gasteiger partial charge in [-0.15, -0.1) is 0 Å². The fraction of sp³-hybridized carbons (Fsp3) is 0.0870. The van der Waals surface area contributed by atoms with Gasteiger partial charge in [0.15, 0.2) is 0 Å². The summed E-state index contributed by atoms with van der Waals surface area (Å²) in [5, 5.41) is 13.3. The third kappa shape index (κ3) is 4.21. The smallest absolute Gasteiger partial charge is 0.119 e. The maximum atomic E-state index is 8.91. The second kappa shape index (κ2) is 8.57. The first-order chi connectivity index (χ1) is 13.2. The van der Waals surface area contributed by atoms with Crippen LogP contribution in [-0.2, 0) is 0 Å². The summed E-state index contributed by atoms with van der Waals surface area (Å²) in [6.45, 7) is 0. The van der Waals surface area contributed by atoms with Gasteiger partial charge in [-0.25, -0.2) is 0 Å². The minimum atomic E-state index is 0.682. The Labute approximate surface area is 166 Å². The molecule has 134 valence electrons. The zero-order valence-electron chi connectivity index (χ0n) is 15.1. The minimum Gasteiger partial charge on any atom is -0.497 e. The third-order valence-corrected chi connectivity index (χ3v) is 4.94. The zero-order chi connectivity index (χ0) is 19.2. The van der Waals surface area contributed by atoms with Gasteiger partial charge in [0.1, 0.15) is 11.5 Å². The van der Waals surface area contributed by atoms with Crippen LogP contribution in [0.1, 0.15) is 5.56 Å². The number of nitrogens with zero attached hydrogens (tertiary/aromatic N) is 1. The molecular weight excluding hydrogens is 402 g/mol. The summed E-state index contributed by atoms with van der Waals surface area (Å²) in [4.78, 5) is 0. The van der Waals surface area contributed by atoms with Crippen LogP contribution in [-0.4, -0.2) is 14.2 Å². The van der Waals surface area contributed by atoms with Crippen LogP contribution in [0.3, 0.4) is 0 Å². The van der Waals surface area contributed by atoms with Crippen molar-refractivity contribution in [2.24, 2.45) is 0 Å². The topological polar surface area (TPSA) is 42.2 Å². The van der Waals surface area contributed by atoms with E-state index in [1.165, 1.54) is 10.8 Å². The van der Waals surface area contributed by atoms with Crippen molar-refractivity contribution in [3.8, 4) is 17.6 Å². The molecule has 0 fully saturated rings. The monoisotopic (exact) mass is 419 g/mol. The van der Waals surface area contributed by atoms with Crippen molar-refractivity contribution in [2.75, 3.05) is 14.2 Å². The Bertz CT molecular complexity index is 1130. The van der Waals surface area contributed by atoms with E-state index >= 15 is 0 Å². The first kappa shape index (κ1) is 18.8. The van der Waals surface area contributed by atoms with Gasteiger partial charge >= 0.3 is 0 Å². The standard InChI is InChI=1S/C12H9NO.C11H9BrO/c1-14-11-6-5-9-3-2-4-10(8-13)12(9)7-11;1-13-9-6-5-8-3-2-4-11(12)10(8)7-9/h2-7H,1H3;2-7H,1H3. The van der Waals surface area contributed by atoms with Crippen molar-refractivity contribution in [2.45, 2.75) is 0 Å². The summed E-state index contributed by atoms with van der Waals surface area (Å²) < 4.78 is 11.4. The summed E-state index contributed by atoms with van der Waals surface area (Å²) >= 11 is 3.50. The minimum absolute atomic E-state index is 0.682. The van der Waals surface area contributed by atoms with Gasteiger partial charge in [0.25, 0.3) is 0 Å². The van der Waals surface area contributed by atoms with Gasteiger partial charge in [-0.05, 0) is 52.6 Å². The van der Waals surface area contributed by atoms with E-state index in [4.69, 9.17) is 14.7 Å². The molecule has 0 N–H and O–H groups in total. The molecule has 0 amide bonds. The van der Waals surface area contributed by atoms with E-state index in [9.17, 15) is 0 Å². The molecule has 0 aromatic heterocycles.